The molecule has 128 valence electrons. The third kappa shape index (κ3) is 3.23. The molecule has 4 nitrogen and oxygen atoms in total. The van der Waals surface area contributed by atoms with Crippen LogP contribution in [-0.2, 0) is 12.1 Å². The molecule has 0 aromatic heterocycles. The van der Waals surface area contributed by atoms with Crippen molar-refractivity contribution in [2.24, 2.45) is 0 Å². The number of hydrogen-bond donors (Lipinski definition) is 1. The molecule has 1 aliphatic heterocycles. The van der Waals surface area contributed by atoms with Crippen molar-refractivity contribution in [1.82, 2.24) is 4.90 Å². The zero-order chi connectivity index (χ0) is 17.2. The quantitative estimate of drug-likeness (QED) is 0.915. The van der Waals surface area contributed by atoms with Crippen molar-refractivity contribution in [3.05, 3.63) is 59.4 Å². The molecule has 24 heavy (non-hydrogen) atoms. The van der Waals surface area contributed by atoms with E-state index in [1.54, 1.807) is 6.07 Å². The molecule has 0 unspecified atom stereocenters. The molecule has 1 fully saturated rings. The van der Waals surface area contributed by atoms with E-state index in [0.29, 0.717) is 43.1 Å². The molecule has 0 bridgehead atoms. The first-order valence-electron chi connectivity index (χ1n) is 7.96. The maximum absolute atomic E-state index is 14.3. The topological polar surface area (TPSA) is 41.9 Å². The highest BCUT2D eigenvalue weighted by atomic mass is 19.1. The fourth-order valence-electron chi connectivity index (χ4n) is 3.25. The van der Waals surface area contributed by atoms with E-state index in [9.17, 15) is 9.50 Å². The summed E-state index contributed by atoms with van der Waals surface area (Å²) in [6.07, 6.45) is 0.631. The van der Waals surface area contributed by atoms with Gasteiger partial charge in [0, 0.05) is 31.3 Å². The average Bonchev–Trinajstić information content (AvgIpc) is 2.99. The van der Waals surface area contributed by atoms with Crippen molar-refractivity contribution in [3.8, 4) is 11.5 Å². The number of methoxy groups -OCH3 is 2. The number of aliphatic hydroxyl groups is 1. The third-order valence-corrected chi connectivity index (χ3v) is 4.58. The molecule has 2 aromatic carbocycles. The maximum Gasteiger partial charge on any atom is 0.163 e. The molecular weight excluding hydrogens is 309 g/mol. The molecule has 0 radical (unpaired) electrons. The van der Waals surface area contributed by atoms with Crippen molar-refractivity contribution in [3.63, 3.8) is 0 Å². The number of benzene rings is 2. The molecule has 3 rings (SSSR count). The highest BCUT2D eigenvalue weighted by Gasteiger charge is 2.37. The number of likely N-dealkylation sites (tertiary alicyclic amines) is 1. The first-order chi connectivity index (χ1) is 11.6. The summed E-state index contributed by atoms with van der Waals surface area (Å²) in [4.78, 5) is 2.05. The van der Waals surface area contributed by atoms with Crippen molar-refractivity contribution < 1.29 is 19.0 Å². The SMILES string of the molecule is COc1cc(F)c(CN2CC[C@](O)(c3ccccc3)C2)cc1OC. The molecule has 0 saturated carbocycles. The van der Waals surface area contributed by atoms with Gasteiger partial charge in [0.05, 0.1) is 14.2 Å². The minimum absolute atomic E-state index is 0.331. The Labute approximate surface area is 141 Å². The number of rotatable bonds is 5. The van der Waals surface area contributed by atoms with Gasteiger partial charge in [-0.15, -0.1) is 0 Å². The Kier molecular flexibility index (Phi) is 4.73. The summed E-state index contributed by atoms with van der Waals surface area (Å²) in [6.45, 7) is 1.60. The van der Waals surface area contributed by atoms with Crippen molar-refractivity contribution in [1.29, 1.82) is 0 Å². The molecule has 1 aliphatic rings. The van der Waals surface area contributed by atoms with E-state index in [1.807, 2.05) is 30.3 Å². The Morgan fingerprint density at radius 3 is 2.46 bits per heavy atom. The summed E-state index contributed by atoms with van der Waals surface area (Å²) in [5.41, 5.74) is 0.555. The van der Waals surface area contributed by atoms with Gasteiger partial charge in [0.15, 0.2) is 11.5 Å². The molecule has 2 aromatic rings. The fraction of sp³-hybridized carbons (Fsp3) is 0.368. The Morgan fingerprint density at radius 2 is 1.79 bits per heavy atom. The Morgan fingerprint density at radius 1 is 1.12 bits per heavy atom. The summed E-state index contributed by atoms with van der Waals surface area (Å²) in [5.74, 6) is 0.551. The van der Waals surface area contributed by atoms with E-state index < -0.39 is 5.60 Å². The van der Waals surface area contributed by atoms with E-state index in [2.05, 4.69) is 4.90 Å². The Hall–Kier alpha value is -2.11. The molecule has 0 spiro atoms. The van der Waals surface area contributed by atoms with Crippen LogP contribution >= 0.6 is 0 Å². The Balaban J connectivity index is 1.76. The van der Waals surface area contributed by atoms with Gasteiger partial charge in [-0.2, -0.15) is 0 Å². The molecule has 1 saturated heterocycles. The van der Waals surface area contributed by atoms with E-state index in [-0.39, 0.29) is 5.82 Å². The number of nitrogens with zero attached hydrogens (tertiary/aromatic N) is 1. The second-order valence-electron chi connectivity index (χ2n) is 6.16. The molecular formula is C19H22FNO3. The first kappa shape index (κ1) is 16.7. The van der Waals surface area contributed by atoms with Crippen LogP contribution in [0.4, 0.5) is 4.39 Å². The first-order valence-corrected chi connectivity index (χ1v) is 7.96. The van der Waals surface area contributed by atoms with Gasteiger partial charge in [0.1, 0.15) is 11.4 Å². The lowest BCUT2D eigenvalue weighted by atomic mass is 9.93. The zero-order valence-corrected chi connectivity index (χ0v) is 14.0. The average molecular weight is 331 g/mol. The van der Waals surface area contributed by atoms with Crippen LogP contribution < -0.4 is 9.47 Å². The van der Waals surface area contributed by atoms with Crippen LogP contribution in [0.25, 0.3) is 0 Å². The number of ether oxygens (including phenoxy) is 2. The van der Waals surface area contributed by atoms with Crippen molar-refractivity contribution in [2.75, 3.05) is 27.3 Å². The largest absolute Gasteiger partial charge is 0.493 e. The van der Waals surface area contributed by atoms with Gasteiger partial charge in [-0.25, -0.2) is 4.39 Å². The van der Waals surface area contributed by atoms with Crippen LogP contribution in [0.15, 0.2) is 42.5 Å². The maximum atomic E-state index is 14.3. The van der Waals surface area contributed by atoms with Gasteiger partial charge in [-0.3, -0.25) is 4.90 Å². The van der Waals surface area contributed by atoms with Crippen molar-refractivity contribution in [2.45, 2.75) is 18.6 Å². The van der Waals surface area contributed by atoms with Crippen LogP contribution in [0, 0.1) is 5.82 Å². The molecule has 1 heterocycles. The van der Waals surface area contributed by atoms with E-state index in [4.69, 9.17) is 9.47 Å². The minimum Gasteiger partial charge on any atom is -0.493 e. The summed E-state index contributed by atoms with van der Waals surface area (Å²) in [5, 5.41) is 10.9. The second-order valence-corrected chi connectivity index (χ2v) is 6.16. The van der Waals surface area contributed by atoms with Crippen LogP contribution in [0.5, 0.6) is 11.5 Å². The highest BCUT2D eigenvalue weighted by Crippen LogP contribution is 2.34. The monoisotopic (exact) mass is 331 g/mol. The van der Waals surface area contributed by atoms with Crippen LogP contribution in [-0.4, -0.2) is 37.3 Å². The second kappa shape index (κ2) is 6.79. The third-order valence-electron chi connectivity index (χ3n) is 4.58. The molecule has 1 atom stereocenters. The zero-order valence-electron chi connectivity index (χ0n) is 14.0. The summed E-state index contributed by atoms with van der Waals surface area (Å²) in [7, 11) is 3.01. The minimum atomic E-state index is -0.881. The molecule has 5 heteroatoms. The van der Waals surface area contributed by atoms with Gasteiger partial charge in [-0.1, -0.05) is 30.3 Å². The molecule has 0 amide bonds. The lowest BCUT2D eigenvalue weighted by Gasteiger charge is -2.24. The fourth-order valence-corrected chi connectivity index (χ4v) is 3.25. The number of halogens is 1. The van der Waals surface area contributed by atoms with Gasteiger partial charge in [0.2, 0.25) is 0 Å². The van der Waals surface area contributed by atoms with Gasteiger partial charge < -0.3 is 14.6 Å². The number of hydrogen-bond acceptors (Lipinski definition) is 4. The predicted octanol–water partition coefficient (Wildman–Crippen LogP) is 2.94. The predicted molar refractivity (Wildman–Crippen MR) is 89.7 cm³/mol. The van der Waals surface area contributed by atoms with Gasteiger partial charge in [0.25, 0.3) is 0 Å². The van der Waals surface area contributed by atoms with Crippen molar-refractivity contribution >= 4 is 0 Å². The van der Waals surface area contributed by atoms with Crippen LogP contribution in [0.1, 0.15) is 17.5 Å². The smallest absolute Gasteiger partial charge is 0.163 e. The van der Waals surface area contributed by atoms with Gasteiger partial charge in [-0.05, 0) is 18.1 Å². The van der Waals surface area contributed by atoms with Crippen LogP contribution in [0.2, 0.25) is 0 Å². The molecule has 1 N–H and O–H groups in total. The summed E-state index contributed by atoms with van der Waals surface area (Å²) < 4.78 is 24.7. The van der Waals surface area contributed by atoms with E-state index >= 15 is 0 Å². The van der Waals surface area contributed by atoms with Gasteiger partial charge >= 0.3 is 0 Å². The number of β-amino-alcohol motifs (C(OH)–C–C–N with tert-alkyl or cyclic N) is 1. The van der Waals surface area contributed by atoms with E-state index in [0.717, 1.165) is 5.56 Å². The summed E-state index contributed by atoms with van der Waals surface area (Å²) in [6, 6.07) is 12.6. The van der Waals surface area contributed by atoms with Crippen LogP contribution in [0.3, 0.4) is 0 Å². The standard InChI is InChI=1S/C19H22FNO3/c1-23-17-10-14(16(20)11-18(17)24-2)12-21-9-8-19(22,13-21)15-6-4-3-5-7-15/h3-7,10-11,22H,8-9,12-13H2,1-2H3/t19-/m1/s1. The highest BCUT2D eigenvalue weighted by molar-refractivity contribution is 5.43. The molecule has 0 aliphatic carbocycles. The Bertz CT molecular complexity index is 707. The lowest BCUT2D eigenvalue weighted by Crippen LogP contribution is -2.30. The normalized spacial score (nSPS) is 21.0. The van der Waals surface area contributed by atoms with E-state index in [1.165, 1.54) is 20.3 Å². The lowest BCUT2D eigenvalue weighted by molar-refractivity contribution is 0.0451. The summed E-state index contributed by atoms with van der Waals surface area (Å²) >= 11 is 0.